The van der Waals surface area contributed by atoms with Gasteiger partial charge in [0.1, 0.15) is 5.82 Å². The Morgan fingerprint density at radius 3 is 2.80 bits per heavy atom. The molecule has 1 aromatic carbocycles. The highest BCUT2D eigenvalue weighted by atomic mass is 79.9. The van der Waals surface area contributed by atoms with Crippen LogP contribution in [-0.4, -0.2) is 16.5 Å². The fourth-order valence-electron chi connectivity index (χ4n) is 1.82. The van der Waals surface area contributed by atoms with Gasteiger partial charge in [0.05, 0.1) is 10.5 Å². The summed E-state index contributed by atoms with van der Waals surface area (Å²) in [4.78, 5) is 8.62. The standard InChI is InChI=1S/C14H16BrClN4/c1-3-17-14-18-8-11(15)13(20-14)19-9(2)10-6-4-5-7-12(10)16/h4-9H,3H2,1-2H3,(H2,17,18,19,20). The van der Waals surface area contributed by atoms with Gasteiger partial charge >= 0.3 is 0 Å². The molecule has 2 aromatic rings. The average molecular weight is 356 g/mol. The molecule has 0 fully saturated rings. The molecule has 4 nitrogen and oxygen atoms in total. The fourth-order valence-corrected chi connectivity index (χ4v) is 2.43. The minimum Gasteiger partial charge on any atom is -0.362 e. The number of benzene rings is 1. The Morgan fingerprint density at radius 1 is 1.35 bits per heavy atom. The van der Waals surface area contributed by atoms with Crippen molar-refractivity contribution in [2.24, 2.45) is 0 Å². The Bertz CT molecular complexity index is 591. The molecule has 0 radical (unpaired) electrons. The topological polar surface area (TPSA) is 49.8 Å². The van der Waals surface area contributed by atoms with Crippen molar-refractivity contribution in [1.82, 2.24) is 9.97 Å². The summed E-state index contributed by atoms with van der Waals surface area (Å²) in [7, 11) is 0. The zero-order valence-corrected chi connectivity index (χ0v) is 13.7. The van der Waals surface area contributed by atoms with Crippen molar-refractivity contribution < 1.29 is 0 Å². The molecule has 1 heterocycles. The lowest BCUT2D eigenvalue weighted by Gasteiger charge is -2.17. The molecular formula is C14H16BrClN4. The number of anilines is 2. The second-order valence-electron chi connectivity index (χ2n) is 4.31. The average Bonchev–Trinajstić information content (AvgIpc) is 2.43. The van der Waals surface area contributed by atoms with Crippen LogP contribution in [0.1, 0.15) is 25.5 Å². The smallest absolute Gasteiger partial charge is 0.224 e. The van der Waals surface area contributed by atoms with Gasteiger partial charge in [-0.1, -0.05) is 29.8 Å². The quantitative estimate of drug-likeness (QED) is 0.829. The lowest BCUT2D eigenvalue weighted by atomic mass is 10.1. The fraction of sp³-hybridized carbons (Fsp3) is 0.286. The van der Waals surface area contributed by atoms with Crippen LogP contribution in [-0.2, 0) is 0 Å². The van der Waals surface area contributed by atoms with Crippen LogP contribution in [0.15, 0.2) is 34.9 Å². The van der Waals surface area contributed by atoms with Crippen LogP contribution in [0.2, 0.25) is 5.02 Å². The molecule has 0 amide bonds. The van der Waals surface area contributed by atoms with Crippen LogP contribution in [0, 0.1) is 0 Å². The molecule has 106 valence electrons. The molecule has 20 heavy (non-hydrogen) atoms. The lowest BCUT2D eigenvalue weighted by Crippen LogP contribution is -2.11. The van der Waals surface area contributed by atoms with E-state index in [0.29, 0.717) is 5.95 Å². The summed E-state index contributed by atoms with van der Waals surface area (Å²) in [5.41, 5.74) is 1.03. The molecule has 1 unspecified atom stereocenters. The Kier molecular flexibility index (Phi) is 5.20. The summed E-state index contributed by atoms with van der Waals surface area (Å²) < 4.78 is 0.818. The molecule has 0 aliphatic heterocycles. The summed E-state index contributed by atoms with van der Waals surface area (Å²) in [5.74, 6) is 1.34. The maximum absolute atomic E-state index is 6.21. The first-order valence-corrected chi connectivity index (χ1v) is 7.56. The van der Waals surface area contributed by atoms with Gasteiger partial charge in [0.25, 0.3) is 0 Å². The molecular weight excluding hydrogens is 340 g/mol. The maximum Gasteiger partial charge on any atom is 0.224 e. The SMILES string of the molecule is CCNc1ncc(Br)c(NC(C)c2ccccc2Cl)n1. The molecule has 6 heteroatoms. The van der Waals surface area contributed by atoms with E-state index in [2.05, 4.69) is 36.5 Å². The highest BCUT2D eigenvalue weighted by Gasteiger charge is 2.12. The Hall–Kier alpha value is -1.33. The van der Waals surface area contributed by atoms with Gasteiger partial charge in [0, 0.05) is 17.8 Å². The van der Waals surface area contributed by atoms with Gasteiger partial charge in [-0.15, -0.1) is 0 Å². The number of nitrogens with zero attached hydrogens (tertiary/aromatic N) is 2. The van der Waals surface area contributed by atoms with Gasteiger partial charge in [-0.25, -0.2) is 4.98 Å². The van der Waals surface area contributed by atoms with E-state index in [0.717, 1.165) is 27.4 Å². The molecule has 2 N–H and O–H groups in total. The third-order valence-corrected chi connectivity index (χ3v) is 3.73. The molecule has 2 rings (SSSR count). The number of nitrogens with one attached hydrogen (secondary N) is 2. The number of aromatic nitrogens is 2. The molecule has 0 saturated carbocycles. The van der Waals surface area contributed by atoms with Crippen LogP contribution < -0.4 is 10.6 Å². The molecule has 0 bridgehead atoms. The predicted octanol–water partition coefficient (Wildman–Crippen LogP) is 4.50. The number of hydrogen-bond donors (Lipinski definition) is 2. The molecule has 0 saturated heterocycles. The van der Waals surface area contributed by atoms with Crippen LogP contribution in [0.25, 0.3) is 0 Å². The van der Waals surface area contributed by atoms with Gasteiger partial charge in [0.2, 0.25) is 5.95 Å². The van der Waals surface area contributed by atoms with Gasteiger partial charge < -0.3 is 10.6 Å². The molecule has 0 aliphatic rings. The maximum atomic E-state index is 6.21. The minimum atomic E-state index is 0.0457. The van der Waals surface area contributed by atoms with E-state index in [9.17, 15) is 0 Å². The lowest BCUT2D eigenvalue weighted by molar-refractivity contribution is 0.870. The van der Waals surface area contributed by atoms with Crippen molar-refractivity contribution in [2.45, 2.75) is 19.9 Å². The zero-order valence-electron chi connectivity index (χ0n) is 11.3. The van der Waals surface area contributed by atoms with Crippen molar-refractivity contribution in [1.29, 1.82) is 0 Å². The van der Waals surface area contributed by atoms with Gasteiger partial charge in [-0.2, -0.15) is 4.98 Å². The zero-order chi connectivity index (χ0) is 14.5. The van der Waals surface area contributed by atoms with Gasteiger partial charge in [-0.3, -0.25) is 0 Å². The summed E-state index contributed by atoms with van der Waals surface area (Å²) in [6.07, 6.45) is 1.73. The number of hydrogen-bond acceptors (Lipinski definition) is 4. The number of rotatable bonds is 5. The number of halogens is 2. The van der Waals surface area contributed by atoms with Crippen LogP contribution >= 0.6 is 27.5 Å². The molecule has 0 spiro atoms. The van der Waals surface area contributed by atoms with Gasteiger partial charge in [0.15, 0.2) is 0 Å². The highest BCUT2D eigenvalue weighted by molar-refractivity contribution is 9.10. The third-order valence-electron chi connectivity index (χ3n) is 2.80. The van der Waals surface area contributed by atoms with E-state index in [1.165, 1.54) is 0 Å². The molecule has 1 atom stereocenters. The second kappa shape index (κ2) is 6.90. The van der Waals surface area contributed by atoms with Crippen molar-refractivity contribution in [3.05, 3.63) is 45.5 Å². The normalized spacial score (nSPS) is 12.0. The third kappa shape index (κ3) is 3.61. The van der Waals surface area contributed by atoms with E-state index in [1.807, 2.05) is 38.1 Å². The van der Waals surface area contributed by atoms with Crippen molar-refractivity contribution in [2.75, 3.05) is 17.2 Å². The van der Waals surface area contributed by atoms with E-state index in [4.69, 9.17) is 11.6 Å². The minimum absolute atomic E-state index is 0.0457. The Labute approximate surface area is 132 Å². The van der Waals surface area contributed by atoms with Crippen molar-refractivity contribution >= 4 is 39.3 Å². The van der Waals surface area contributed by atoms with E-state index in [1.54, 1.807) is 6.20 Å². The van der Waals surface area contributed by atoms with Crippen LogP contribution in [0.5, 0.6) is 0 Å². The Morgan fingerprint density at radius 2 is 2.10 bits per heavy atom. The highest BCUT2D eigenvalue weighted by Crippen LogP contribution is 2.28. The van der Waals surface area contributed by atoms with Crippen LogP contribution in [0.4, 0.5) is 11.8 Å². The monoisotopic (exact) mass is 354 g/mol. The summed E-state index contributed by atoms with van der Waals surface area (Å²) in [6, 6.07) is 7.82. The first-order chi connectivity index (χ1) is 9.61. The van der Waals surface area contributed by atoms with E-state index < -0.39 is 0 Å². The summed E-state index contributed by atoms with van der Waals surface area (Å²) in [5, 5.41) is 7.17. The first kappa shape index (κ1) is 15.1. The summed E-state index contributed by atoms with van der Waals surface area (Å²) >= 11 is 9.66. The summed E-state index contributed by atoms with van der Waals surface area (Å²) in [6.45, 7) is 4.83. The largest absolute Gasteiger partial charge is 0.362 e. The molecule has 1 aromatic heterocycles. The van der Waals surface area contributed by atoms with Crippen molar-refractivity contribution in [3.8, 4) is 0 Å². The van der Waals surface area contributed by atoms with E-state index in [-0.39, 0.29) is 6.04 Å². The first-order valence-electron chi connectivity index (χ1n) is 6.39. The molecule has 0 aliphatic carbocycles. The Balaban J connectivity index is 2.21. The van der Waals surface area contributed by atoms with Crippen LogP contribution in [0.3, 0.4) is 0 Å². The predicted molar refractivity (Wildman–Crippen MR) is 87.4 cm³/mol. The van der Waals surface area contributed by atoms with E-state index >= 15 is 0 Å². The second-order valence-corrected chi connectivity index (χ2v) is 5.57. The van der Waals surface area contributed by atoms with Crippen molar-refractivity contribution in [3.63, 3.8) is 0 Å². The van der Waals surface area contributed by atoms with Gasteiger partial charge in [-0.05, 0) is 41.4 Å².